The first-order valence-corrected chi connectivity index (χ1v) is 12.7. The Balaban J connectivity index is 1.40. The Bertz CT molecular complexity index is 1060. The van der Waals surface area contributed by atoms with E-state index in [4.69, 9.17) is 4.84 Å². The average molecular weight is 466 g/mol. The van der Waals surface area contributed by atoms with Gasteiger partial charge in [0.05, 0.1) is 5.69 Å². The molecule has 1 saturated carbocycles. The predicted molar refractivity (Wildman–Crippen MR) is 131 cm³/mol. The molecule has 3 aromatic rings. The number of tetrazole rings is 1. The van der Waals surface area contributed by atoms with Crippen molar-refractivity contribution in [2.45, 2.75) is 50.0 Å². The van der Waals surface area contributed by atoms with E-state index in [1.54, 1.807) is 23.5 Å². The van der Waals surface area contributed by atoms with Gasteiger partial charge in [0.2, 0.25) is 5.82 Å². The number of rotatable bonds is 10. The van der Waals surface area contributed by atoms with E-state index < -0.39 is 0 Å². The van der Waals surface area contributed by atoms with E-state index in [-0.39, 0.29) is 6.61 Å². The molecule has 174 valence electrons. The van der Waals surface area contributed by atoms with Gasteiger partial charge in [-0.05, 0) is 53.3 Å². The first-order valence-electron chi connectivity index (χ1n) is 11.5. The van der Waals surface area contributed by atoms with Crippen LogP contribution in [-0.2, 0) is 18.5 Å². The van der Waals surface area contributed by atoms with E-state index in [9.17, 15) is 0 Å². The Morgan fingerprint density at radius 3 is 2.82 bits per heavy atom. The van der Waals surface area contributed by atoms with Crippen LogP contribution in [0, 0.1) is 5.92 Å². The topological polar surface area (TPSA) is 90.1 Å². The van der Waals surface area contributed by atoms with Gasteiger partial charge in [0.15, 0.2) is 12.3 Å². The van der Waals surface area contributed by atoms with Gasteiger partial charge in [0, 0.05) is 24.1 Å². The maximum Gasteiger partial charge on any atom is 0.204 e. The van der Waals surface area contributed by atoms with Gasteiger partial charge in [-0.3, -0.25) is 0 Å². The van der Waals surface area contributed by atoms with Gasteiger partial charge in [-0.15, -0.1) is 16.9 Å². The van der Waals surface area contributed by atoms with E-state index in [1.807, 2.05) is 36.6 Å². The summed E-state index contributed by atoms with van der Waals surface area (Å²) < 4.78 is 1.59. The Kier molecular flexibility index (Phi) is 8.30. The SMILES string of the molecule is CSc1cccc(/C(=N\OCc2cccc(NCCC3CCCCC3)n2)c2nnnn2C)c1. The monoisotopic (exact) mass is 465 g/mol. The van der Waals surface area contributed by atoms with E-state index in [0.717, 1.165) is 34.4 Å². The summed E-state index contributed by atoms with van der Waals surface area (Å²) in [6, 6.07) is 14.0. The predicted octanol–water partition coefficient (Wildman–Crippen LogP) is 4.68. The van der Waals surface area contributed by atoms with E-state index in [2.05, 4.69) is 43.1 Å². The van der Waals surface area contributed by atoms with Crippen LogP contribution in [-0.4, -0.2) is 43.7 Å². The lowest BCUT2D eigenvalue weighted by Crippen LogP contribution is -2.13. The number of aromatic nitrogens is 5. The Hall–Kier alpha value is -2.94. The van der Waals surface area contributed by atoms with Crippen LogP contribution in [0.15, 0.2) is 52.5 Å². The molecule has 1 N–H and O–H groups in total. The smallest absolute Gasteiger partial charge is 0.204 e. The lowest BCUT2D eigenvalue weighted by Gasteiger charge is -2.21. The number of hydrogen-bond donors (Lipinski definition) is 1. The molecule has 1 aliphatic carbocycles. The maximum atomic E-state index is 5.73. The molecule has 1 fully saturated rings. The van der Waals surface area contributed by atoms with Crippen LogP contribution < -0.4 is 5.32 Å². The van der Waals surface area contributed by atoms with Crippen molar-refractivity contribution < 1.29 is 4.84 Å². The van der Waals surface area contributed by atoms with Crippen molar-refractivity contribution in [3.05, 3.63) is 59.5 Å². The molecule has 1 aromatic carbocycles. The number of benzene rings is 1. The maximum absolute atomic E-state index is 5.73. The van der Waals surface area contributed by atoms with Gasteiger partial charge in [-0.1, -0.05) is 55.5 Å². The molecule has 4 rings (SSSR count). The Morgan fingerprint density at radius 1 is 1.18 bits per heavy atom. The first-order chi connectivity index (χ1) is 16.2. The summed E-state index contributed by atoms with van der Waals surface area (Å²) in [5, 5.41) is 19.7. The van der Waals surface area contributed by atoms with Crippen molar-refractivity contribution in [2.24, 2.45) is 18.1 Å². The second-order valence-electron chi connectivity index (χ2n) is 8.31. The molecule has 0 amide bonds. The zero-order valence-electron chi connectivity index (χ0n) is 19.3. The van der Waals surface area contributed by atoms with Gasteiger partial charge in [0.1, 0.15) is 5.82 Å². The molecule has 0 radical (unpaired) electrons. The fourth-order valence-electron chi connectivity index (χ4n) is 4.12. The van der Waals surface area contributed by atoms with Crippen LogP contribution >= 0.6 is 11.8 Å². The highest BCUT2D eigenvalue weighted by Crippen LogP contribution is 2.26. The molecule has 0 saturated heterocycles. The summed E-state index contributed by atoms with van der Waals surface area (Å²) in [5.41, 5.74) is 2.29. The summed E-state index contributed by atoms with van der Waals surface area (Å²) in [6.45, 7) is 1.21. The minimum Gasteiger partial charge on any atom is -0.389 e. The molecule has 0 bridgehead atoms. The highest BCUT2D eigenvalue weighted by molar-refractivity contribution is 7.98. The molecule has 2 heterocycles. The number of pyridine rings is 1. The average Bonchev–Trinajstić information content (AvgIpc) is 3.28. The van der Waals surface area contributed by atoms with Gasteiger partial charge >= 0.3 is 0 Å². The number of aryl methyl sites for hydroxylation is 1. The largest absolute Gasteiger partial charge is 0.389 e. The van der Waals surface area contributed by atoms with Crippen LogP contribution in [0.1, 0.15) is 55.6 Å². The number of hydrogen-bond acceptors (Lipinski definition) is 8. The molecule has 0 unspecified atom stereocenters. The standard InChI is InChI=1S/C24H31N7OS/c1-31-24(27-29-30-31)23(19-10-6-12-21(16-19)33-2)28-32-17-20-11-7-13-22(26-20)25-15-14-18-8-4-3-5-9-18/h6-7,10-13,16,18H,3-5,8-9,14-15,17H2,1-2H3,(H,25,26)/b28-23+. The van der Waals surface area contributed by atoms with Crippen molar-refractivity contribution in [1.29, 1.82) is 0 Å². The van der Waals surface area contributed by atoms with E-state index in [0.29, 0.717) is 11.5 Å². The van der Waals surface area contributed by atoms with Crippen molar-refractivity contribution in [2.75, 3.05) is 18.1 Å². The van der Waals surface area contributed by atoms with Crippen LogP contribution in [0.3, 0.4) is 0 Å². The second kappa shape index (κ2) is 11.8. The first kappa shape index (κ1) is 23.2. The molecule has 0 atom stereocenters. The molecule has 0 spiro atoms. The quantitative estimate of drug-likeness (QED) is 0.264. The summed E-state index contributed by atoms with van der Waals surface area (Å²) in [7, 11) is 1.79. The molecular formula is C24H31N7OS. The van der Waals surface area contributed by atoms with E-state index in [1.165, 1.54) is 38.5 Å². The fraction of sp³-hybridized carbons (Fsp3) is 0.458. The lowest BCUT2D eigenvalue weighted by atomic mass is 9.87. The van der Waals surface area contributed by atoms with Crippen LogP contribution in [0.25, 0.3) is 0 Å². The molecule has 9 heteroatoms. The van der Waals surface area contributed by atoms with Crippen LogP contribution in [0.5, 0.6) is 0 Å². The highest BCUT2D eigenvalue weighted by Gasteiger charge is 2.16. The van der Waals surface area contributed by atoms with Crippen LogP contribution in [0.4, 0.5) is 5.82 Å². The molecule has 0 aliphatic heterocycles. The number of thioether (sulfide) groups is 1. The summed E-state index contributed by atoms with van der Waals surface area (Å²) >= 11 is 1.67. The van der Waals surface area contributed by atoms with Gasteiger partial charge in [-0.25, -0.2) is 9.67 Å². The zero-order valence-corrected chi connectivity index (χ0v) is 20.1. The zero-order chi connectivity index (χ0) is 22.9. The third-order valence-electron chi connectivity index (χ3n) is 5.93. The van der Waals surface area contributed by atoms with Crippen LogP contribution in [0.2, 0.25) is 0 Å². The minimum atomic E-state index is 0.259. The van der Waals surface area contributed by atoms with Crippen molar-refractivity contribution in [3.63, 3.8) is 0 Å². The van der Waals surface area contributed by atoms with Crippen molar-refractivity contribution >= 4 is 23.3 Å². The second-order valence-corrected chi connectivity index (χ2v) is 9.18. The fourth-order valence-corrected chi connectivity index (χ4v) is 4.58. The van der Waals surface area contributed by atoms with Crippen molar-refractivity contribution in [3.8, 4) is 0 Å². The lowest BCUT2D eigenvalue weighted by molar-refractivity contribution is 0.128. The number of anilines is 1. The third-order valence-corrected chi connectivity index (χ3v) is 6.66. The number of nitrogens with zero attached hydrogens (tertiary/aromatic N) is 6. The molecule has 2 aromatic heterocycles. The number of oxime groups is 1. The molecule has 8 nitrogen and oxygen atoms in total. The normalized spacial score (nSPS) is 14.9. The van der Waals surface area contributed by atoms with E-state index >= 15 is 0 Å². The molecule has 1 aliphatic rings. The minimum absolute atomic E-state index is 0.259. The Morgan fingerprint density at radius 2 is 2.03 bits per heavy atom. The Labute approximate surface area is 199 Å². The van der Waals surface area contributed by atoms with Crippen molar-refractivity contribution in [1.82, 2.24) is 25.2 Å². The van der Waals surface area contributed by atoms with Gasteiger partial charge in [0.25, 0.3) is 0 Å². The van der Waals surface area contributed by atoms with Gasteiger partial charge < -0.3 is 10.2 Å². The highest BCUT2D eigenvalue weighted by atomic mass is 32.2. The summed E-state index contributed by atoms with van der Waals surface area (Å²) in [5.74, 6) is 2.27. The molecular weight excluding hydrogens is 434 g/mol. The van der Waals surface area contributed by atoms with Gasteiger partial charge in [-0.2, -0.15) is 0 Å². The number of nitrogens with one attached hydrogen (secondary N) is 1. The summed E-state index contributed by atoms with van der Waals surface area (Å²) in [6.07, 6.45) is 10.1. The summed E-state index contributed by atoms with van der Waals surface area (Å²) in [4.78, 5) is 11.5. The molecule has 33 heavy (non-hydrogen) atoms. The third kappa shape index (κ3) is 6.54.